The summed E-state index contributed by atoms with van der Waals surface area (Å²) in [5.74, 6) is 4.01. The highest BCUT2D eigenvalue weighted by Crippen LogP contribution is 2.87. The van der Waals surface area contributed by atoms with E-state index in [9.17, 15) is 5.11 Å². The van der Waals surface area contributed by atoms with Crippen molar-refractivity contribution in [3.05, 3.63) is 41.7 Å². The predicted molar refractivity (Wildman–Crippen MR) is 118 cm³/mol. The number of nitrogens with zero attached hydrogens (tertiary/aromatic N) is 1. The summed E-state index contributed by atoms with van der Waals surface area (Å²) in [6.45, 7) is 7.33. The highest BCUT2D eigenvalue weighted by molar-refractivity contribution is 5.45. The van der Waals surface area contributed by atoms with Crippen molar-refractivity contribution in [2.45, 2.75) is 90.6 Å². The van der Waals surface area contributed by atoms with Crippen LogP contribution in [0.3, 0.4) is 0 Å². The van der Waals surface area contributed by atoms with Gasteiger partial charge in [0.1, 0.15) is 0 Å². The number of rotatable bonds is 6. The topological polar surface area (TPSA) is 33.1 Å². The van der Waals surface area contributed by atoms with Gasteiger partial charge in [-0.25, -0.2) is 0 Å². The summed E-state index contributed by atoms with van der Waals surface area (Å²) in [6.07, 6.45) is 17.9. The van der Waals surface area contributed by atoms with Crippen LogP contribution in [-0.4, -0.2) is 16.2 Å². The number of aromatic nitrogens is 1. The van der Waals surface area contributed by atoms with Crippen molar-refractivity contribution >= 4 is 0 Å². The normalized spacial score (nSPS) is 42.3. The monoisotopic (exact) mass is 393 g/mol. The Balaban J connectivity index is 1.33. The van der Waals surface area contributed by atoms with Gasteiger partial charge in [0, 0.05) is 17.8 Å². The zero-order valence-electron chi connectivity index (χ0n) is 18.6. The van der Waals surface area contributed by atoms with E-state index in [2.05, 4.69) is 50.2 Å². The van der Waals surface area contributed by atoms with Gasteiger partial charge in [-0.3, -0.25) is 4.98 Å². The molecule has 2 heteroatoms. The number of allylic oxidation sites excluding steroid dienone is 1. The Kier molecular flexibility index (Phi) is 4.93. The molecule has 1 aromatic heterocycles. The third-order valence-electron chi connectivity index (χ3n) is 10.1. The van der Waals surface area contributed by atoms with Gasteiger partial charge in [0.15, 0.2) is 0 Å². The molecule has 1 N–H and O–H groups in total. The highest BCUT2D eigenvalue weighted by Gasteiger charge is 2.81. The molecular weight excluding hydrogens is 354 g/mol. The quantitative estimate of drug-likeness (QED) is 0.558. The van der Waals surface area contributed by atoms with Crippen molar-refractivity contribution in [2.75, 3.05) is 0 Å². The third-order valence-corrected chi connectivity index (χ3v) is 10.1. The molecule has 0 bridgehead atoms. The van der Waals surface area contributed by atoms with E-state index >= 15 is 0 Å². The molecule has 4 aliphatic carbocycles. The van der Waals surface area contributed by atoms with Crippen molar-refractivity contribution in [3.63, 3.8) is 0 Å². The van der Waals surface area contributed by atoms with Gasteiger partial charge in [0.25, 0.3) is 0 Å². The summed E-state index contributed by atoms with van der Waals surface area (Å²) >= 11 is 0. The summed E-state index contributed by atoms with van der Waals surface area (Å²) in [5.41, 5.74) is 4.13. The molecule has 3 fully saturated rings. The summed E-state index contributed by atoms with van der Waals surface area (Å²) in [7, 11) is 0. The van der Waals surface area contributed by atoms with Crippen LogP contribution in [-0.2, 0) is 0 Å². The average Bonchev–Trinajstić information content (AvgIpc) is 3.18. The van der Waals surface area contributed by atoms with E-state index in [1.54, 1.807) is 5.57 Å². The first-order valence-electron chi connectivity index (χ1n) is 12.3. The molecule has 5 rings (SSSR count). The third kappa shape index (κ3) is 2.74. The molecule has 1 heterocycles. The summed E-state index contributed by atoms with van der Waals surface area (Å²) in [6, 6.07) is 4.34. The Labute approximate surface area is 177 Å². The van der Waals surface area contributed by atoms with E-state index < -0.39 is 0 Å². The van der Waals surface area contributed by atoms with E-state index in [-0.39, 0.29) is 6.10 Å². The maximum absolute atomic E-state index is 10.3. The van der Waals surface area contributed by atoms with Gasteiger partial charge in [0.2, 0.25) is 0 Å². The molecule has 2 nitrogen and oxygen atoms in total. The molecule has 2 spiro atoms. The van der Waals surface area contributed by atoms with E-state index in [0.29, 0.717) is 16.7 Å². The summed E-state index contributed by atoms with van der Waals surface area (Å²) in [4.78, 5) is 4.37. The molecule has 29 heavy (non-hydrogen) atoms. The summed E-state index contributed by atoms with van der Waals surface area (Å²) < 4.78 is 0. The second kappa shape index (κ2) is 7.22. The van der Waals surface area contributed by atoms with Crippen LogP contribution >= 0.6 is 0 Å². The van der Waals surface area contributed by atoms with Crippen molar-refractivity contribution in [1.82, 2.24) is 4.98 Å². The SMILES string of the molecule is CCC(CCC1C(C)CCC2C34CCC(O)CC3=CCC124)C(C)c1cccnc1. The van der Waals surface area contributed by atoms with Crippen LogP contribution in [0, 0.1) is 34.5 Å². The standard InChI is InChI=1S/C27H39NO/c1-4-20(19(3)21-6-5-15-28-17-21)8-9-24-18(2)7-10-25-26-14-12-23(29)16-22(26)11-13-27(24,25)26/h5-6,11,15,17-20,23-25,29H,4,7-10,12-14,16H2,1-3H3. The minimum Gasteiger partial charge on any atom is -0.393 e. The molecule has 0 aliphatic heterocycles. The smallest absolute Gasteiger partial charge is 0.0577 e. The molecule has 0 aromatic carbocycles. The Morgan fingerprint density at radius 2 is 2.14 bits per heavy atom. The molecule has 158 valence electrons. The fourth-order valence-electron chi connectivity index (χ4n) is 8.67. The van der Waals surface area contributed by atoms with E-state index in [1.807, 2.05) is 6.20 Å². The molecule has 0 radical (unpaired) electrons. The lowest BCUT2D eigenvalue weighted by Crippen LogP contribution is -2.31. The van der Waals surface area contributed by atoms with Crippen molar-refractivity contribution < 1.29 is 5.11 Å². The number of aliphatic hydroxyl groups is 1. The molecule has 3 saturated carbocycles. The molecular formula is C27H39NO. The molecule has 1 aromatic rings. The van der Waals surface area contributed by atoms with Crippen LogP contribution in [0.2, 0.25) is 0 Å². The Bertz CT molecular complexity index is 772. The zero-order chi connectivity index (χ0) is 20.2. The highest BCUT2D eigenvalue weighted by atomic mass is 16.3. The second-order valence-corrected chi connectivity index (χ2v) is 10.9. The molecule has 8 unspecified atom stereocenters. The average molecular weight is 394 g/mol. The first-order valence-corrected chi connectivity index (χ1v) is 12.3. The van der Waals surface area contributed by atoms with Gasteiger partial charge in [-0.15, -0.1) is 0 Å². The maximum Gasteiger partial charge on any atom is 0.0577 e. The fourth-order valence-corrected chi connectivity index (χ4v) is 8.67. The number of aliphatic hydroxyl groups excluding tert-OH is 1. The minimum absolute atomic E-state index is 0.0784. The number of hydrogen-bond donors (Lipinski definition) is 1. The van der Waals surface area contributed by atoms with Crippen LogP contribution in [0.4, 0.5) is 0 Å². The first-order chi connectivity index (χ1) is 14.0. The molecule has 0 amide bonds. The van der Waals surface area contributed by atoms with Crippen molar-refractivity contribution in [3.8, 4) is 0 Å². The van der Waals surface area contributed by atoms with Gasteiger partial charge in [-0.1, -0.05) is 51.3 Å². The zero-order valence-corrected chi connectivity index (χ0v) is 18.6. The Morgan fingerprint density at radius 3 is 2.90 bits per heavy atom. The maximum atomic E-state index is 10.3. The van der Waals surface area contributed by atoms with Crippen LogP contribution in [0.15, 0.2) is 36.2 Å². The largest absolute Gasteiger partial charge is 0.393 e. The lowest BCUT2D eigenvalue weighted by Gasteiger charge is -2.39. The van der Waals surface area contributed by atoms with Crippen molar-refractivity contribution in [1.29, 1.82) is 0 Å². The van der Waals surface area contributed by atoms with Gasteiger partial charge in [0.05, 0.1) is 6.10 Å². The van der Waals surface area contributed by atoms with Crippen LogP contribution < -0.4 is 0 Å². The fraction of sp³-hybridized carbons (Fsp3) is 0.741. The van der Waals surface area contributed by atoms with Crippen LogP contribution in [0.25, 0.3) is 0 Å². The Morgan fingerprint density at radius 1 is 1.28 bits per heavy atom. The van der Waals surface area contributed by atoms with Crippen LogP contribution in [0.5, 0.6) is 0 Å². The molecule has 8 atom stereocenters. The minimum atomic E-state index is -0.0784. The van der Waals surface area contributed by atoms with E-state index in [0.717, 1.165) is 36.5 Å². The predicted octanol–water partition coefficient (Wildman–Crippen LogP) is 6.52. The molecule has 0 saturated heterocycles. The molecule has 4 aliphatic rings. The second-order valence-electron chi connectivity index (χ2n) is 10.9. The summed E-state index contributed by atoms with van der Waals surface area (Å²) in [5, 5.41) is 10.3. The first kappa shape index (κ1) is 19.8. The van der Waals surface area contributed by atoms with Gasteiger partial charge < -0.3 is 5.11 Å². The number of hydrogen-bond acceptors (Lipinski definition) is 2. The van der Waals surface area contributed by atoms with E-state index in [4.69, 9.17) is 0 Å². The Hall–Kier alpha value is -1.15. The van der Waals surface area contributed by atoms with Crippen LogP contribution in [0.1, 0.15) is 90.0 Å². The van der Waals surface area contributed by atoms with Gasteiger partial charge in [-0.2, -0.15) is 0 Å². The van der Waals surface area contributed by atoms with E-state index in [1.165, 1.54) is 50.5 Å². The van der Waals surface area contributed by atoms with Crippen molar-refractivity contribution in [2.24, 2.45) is 34.5 Å². The lowest BCUT2D eigenvalue weighted by atomic mass is 9.66. The number of pyridine rings is 1. The van der Waals surface area contributed by atoms with Gasteiger partial charge in [-0.05, 0) is 91.6 Å². The van der Waals surface area contributed by atoms with Gasteiger partial charge >= 0.3 is 0 Å². The lowest BCUT2D eigenvalue weighted by molar-refractivity contribution is 0.0974.